The van der Waals surface area contributed by atoms with Crippen LogP contribution < -0.4 is 4.90 Å². The van der Waals surface area contributed by atoms with Gasteiger partial charge < -0.3 is 9.64 Å². The Morgan fingerprint density at radius 3 is 2.93 bits per heavy atom. The van der Waals surface area contributed by atoms with Gasteiger partial charge in [-0.15, -0.1) is 0 Å². The molecule has 1 aliphatic rings. The molecule has 76 valence electrons. The van der Waals surface area contributed by atoms with E-state index in [1.807, 2.05) is 6.20 Å². The second kappa shape index (κ2) is 4.37. The van der Waals surface area contributed by atoms with Gasteiger partial charge in [-0.2, -0.15) is 0 Å². The Kier molecular flexibility index (Phi) is 2.93. The van der Waals surface area contributed by atoms with Crippen molar-refractivity contribution in [1.82, 2.24) is 9.97 Å². The summed E-state index contributed by atoms with van der Waals surface area (Å²) in [5.74, 6) is 1.07. The maximum absolute atomic E-state index is 5.31. The van der Waals surface area contributed by atoms with E-state index in [0.29, 0.717) is 0 Å². The van der Waals surface area contributed by atoms with Crippen LogP contribution in [0.1, 0.15) is 12.5 Å². The maximum atomic E-state index is 5.31. The fourth-order valence-corrected chi connectivity index (χ4v) is 1.66. The lowest BCUT2D eigenvalue weighted by Crippen LogP contribution is -2.37. The molecule has 0 radical (unpaired) electrons. The average Bonchev–Trinajstić information content (AvgIpc) is 2.30. The van der Waals surface area contributed by atoms with Crippen LogP contribution in [0.15, 0.2) is 12.5 Å². The normalized spacial score (nSPS) is 17.1. The predicted octanol–water partition coefficient (Wildman–Crippen LogP) is 0.876. The lowest BCUT2D eigenvalue weighted by molar-refractivity contribution is 0.122. The van der Waals surface area contributed by atoms with Crippen molar-refractivity contribution in [2.75, 3.05) is 31.2 Å². The van der Waals surface area contributed by atoms with Crippen LogP contribution in [0.4, 0.5) is 5.82 Å². The van der Waals surface area contributed by atoms with Crippen molar-refractivity contribution in [3.05, 3.63) is 18.1 Å². The Morgan fingerprint density at radius 2 is 2.21 bits per heavy atom. The molecule has 0 unspecified atom stereocenters. The van der Waals surface area contributed by atoms with Crippen LogP contribution in [0, 0.1) is 0 Å². The minimum atomic E-state index is 0.799. The van der Waals surface area contributed by atoms with Crippen LogP contribution in [0.25, 0.3) is 0 Å². The summed E-state index contributed by atoms with van der Waals surface area (Å²) in [7, 11) is 0. The predicted molar refractivity (Wildman–Crippen MR) is 54.4 cm³/mol. The Balaban J connectivity index is 2.20. The zero-order chi connectivity index (χ0) is 9.80. The molecule has 0 N–H and O–H groups in total. The molecule has 2 heterocycles. The first-order chi connectivity index (χ1) is 6.92. The molecule has 4 heteroatoms. The highest BCUT2D eigenvalue weighted by Gasteiger charge is 2.14. The molecule has 0 saturated carbocycles. The number of ether oxygens (including phenoxy) is 1. The van der Waals surface area contributed by atoms with Gasteiger partial charge in [0, 0.05) is 24.8 Å². The van der Waals surface area contributed by atoms with Crippen molar-refractivity contribution in [1.29, 1.82) is 0 Å². The van der Waals surface area contributed by atoms with Crippen LogP contribution in [-0.4, -0.2) is 36.3 Å². The molecule has 0 aliphatic carbocycles. The lowest BCUT2D eigenvalue weighted by atomic mass is 10.2. The first-order valence-corrected chi connectivity index (χ1v) is 5.03. The molecule has 0 bridgehead atoms. The number of aromatic nitrogens is 2. The molecule has 0 amide bonds. The van der Waals surface area contributed by atoms with Crippen molar-refractivity contribution in [2.24, 2.45) is 0 Å². The molecule has 14 heavy (non-hydrogen) atoms. The highest BCUT2D eigenvalue weighted by Crippen LogP contribution is 2.17. The van der Waals surface area contributed by atoms with Gasteiger partial charge in [-0.25, -0.2) is 9.97 Å². The van der Waals surface area contributed by atoms with E-state index < -0.39 is 0 Å². The molecule has 0 aromatic carbocycles. The van der Waals surface area contributed by atoms with E-state index >= 15 is 0 Å². The molecule has 2 rings (SSSR count). The summed E-state index contributed by atoms with van der Waals surface area (Å²) in [6.45, 7) is 5.59. The van der Waals surface area contributed by atoms with E-state index in [1.165, 1.54) is 5.56 Å². The third-order valence-corrected chi connectivity index (χ3v) is 2.46. The fourth-order valence-electron chi connectivity index (χ4n) is 1.66. The van der Waals surface area contributed by atoms with E-state index in [-0.39, 0.29) is 0 Å². The van der Waals surface area contributed by atoms with Crippen LogP contribution in [0.3, 0.4) is 0 Å². The van der Waals surface area contributed by atoms with E-state index in [1.54, 1.807) is 6.33 Å². The SMILES string of the molecule is CCc1cncnc1N1CCOCC1. The maximum Gasteiger partial charge on any atom is 0.135 e. The Labute approximate surface area is 83.9 Å². The molecule has 1 fully saturated rings. The summed E-state index contributed by atoms with van der Waals surface area (Å²) in [5, 5.41) is 0. The first kappa shape index (κ1) is 9.40. The molecular weight excluding hydrogens is 178 g/mol. The van der Waals surface area contributed by atoms with Crippen molar-refractivity contribution in [3.8, 4) is 0 Å². The molecule has 1 saturated heterocycles. The number of hydrogen-bond acceptors (Lipinski definition) is 4. The zero-order valence-corrected chi connectivity index (χ0v) is 8.44. The van der Waals surface area contributed by atoms with Crippen LogP contribution >= 0.6 is 0 Å². The van der Waals surface area contributed by atoms with Crippen LogP contribution in [0.2, 0.25) is 0 Å². The van der Waals surface area contributed by atoms with E-state index in [0.717, 1.165) is 38.5 Å². The Morgan fingerprint density at radius 1 is 1.43 bits per heavy atom. The van der Waals surface area contributed by atoms with Gasteiger partial charge in [0.2, 0.25) is 0 Å². The standard InChI is InChI=1S/C10H15N3O/c1-2-9-7-11-8-12-10(9)13-3-5-14-6-4-13/h7-8H,2-6H2,1H3. The topological polar surface area (TPSA) is 38.2 Å². The van der Waals surface area contributed by atoms with Gasteiger partial charge in [-0.1, -0.05) is 6.92 Å². The number of nitrogens with zero attached hydrogens (tertiary/aromatic N) is 3. The molecule has 0 atom stereocenters. The van der Waals surface area contributed by atoms with Crippen molar-refractivity contribution in [3.63, 3.8) is 0 Å². The number of aryl methyl sites for hydroxylation is 1. The Bertz CT molecular complexity index is 297. The monoisotopic (exact) mass is 193 g/mol. The number of hydrogen-bond donors (Lipinski definition) is 0. The molecule has 1 aliphatic heterocycles. The van der Waals surface area contributed by atoms with Crippen LogP contribution in [-0.2, 0) is 11.2 Å². The van der Waals surface area contributed by atoms with Crippen molar-refractivity contribution < 1.29 is 4.74 Å². The first-order valence-electron chi connectivity index (χ1n) is 5.03. The minimum absolute atomic E-state index is 0.799. The van der Waals surface area contributed by atoms with Gasteiger partial charge >= 0.3 is 0 Å². The zero-order valence-electron chi connectivity index (χ0n) is 8.44. The van der Waals surface area contributed by atoms with Crippen molar-refractivity contribution in [2.45, 2.75) is 13.3 Å². The number of anilines is 1. The summed E-state index contributed by atoms with van der Waals surface area (Å²) < 4.78 is 5.31. The quantitative estimate of drug-likeness (QED) is 0.698. The number of morpholine rings is 1. The molecule has 4 nitrogen and oxygen atoms in total. The van der Waals surface area contributed by atoms with E-state index in [2.05, 4.69) is 21.8 Å². The number of rotatable bonds is 2. The highest BCUT2D eigenvalue weighted by molar-refractivity contribution is 5.45. The summed E-state index contributed by atoms with van der Waals surface area (Å²) in [5.41, 5.74) is 1.22. The molecule has 1 aromatic heterocycles. The second-order valence-electron chi connectivity index (χ2n) is 3.32. The minimum Gasteiger partial charge on any atom is -0.378 e. The fraction of sp³-hybridized carbons (Fsp3) is 0.600. The lowest BCUT2D eigenvalue weighted by Gasteiger charge is -2.28. The average molecular weight is 193 g/mol. The second-order valence-corrected chi connectivity index (χ2v) is 3.32. The summed E-state index contributed by atoms with van der Waals surface area (Å²) >= 11 is 0. The summed E-state index contributed by atoms with van der Waals surface area (Å²) in [6.07, 6.45) is 4.50. The van der Waals surface area contributed by atoms with Crippen molar-refractivity contribution >= 4 is 5.82 Å². The third-order valence-electron chi connectivity index (χ3n) is 2.46. The van der Waals surface area contributed by atoms with Gasteiger partial charge in [0.15, 0.2) is 0 Å². The van der Waals surface area contributed by atoms with Gasteiger partial charge in [-0.05, 0) is 6.42 Å². The Hall–Kier alpha value is -1.16. The third kappa shape index (κ3) is 1.85. The van der Waals surface area contributed by atoms with Crippen LogP contribution in [0.5, 0.6) is 0 Å². The van der Waals surface area contributed by atoms with Gasteiger partial charge in [0.1, 0.15) is 12.1 Å². The molecular formula is C10H15N3O. The highest BCUT2D eigenvalue weighted by atomic mass is 16.5. The molecule has 1 aromatic rings. The summed E-state index contributed by atoms with van der Waals surface area (Å²) in [6, 6.07) is 0. The summed E-state index contributed by atoms with van der Waals surface area (Å²) in [4.78, 5) is 10.6. The van der Waals surface area contributed by atoms with E-state index in [9.17, 15) is 0 Å². The largest absolute Gasteiger partial charge is 0.378 e. The molecule has 0 spiro atoms. The van der Waals surface area contributed by atoms with E-state index in [4.69, 9.17) is 4.74 Å². The van der Waals surface area contributed by atoms with Gasteiger partial charge in [-0.3, -0.25) is 0 Å². The smallest absolute Gasteiger partial charge is 0.135 e. The van der Waals surface area contributed by atoms with Gasteiger partial charge in [0.25, 0.3) is 0 Å². The van der Waals surface area contributed by atoms with Gasteiger partial charge in [0.05, 0.1) is 13.2 Å².